The molecule has 6 heteroatoms. The zero-order valence-corrected chi connectivity index (χ0v) is 12.0. The molecule has 0 heterocycles. The highest BCUT2D eigenvalue weighted by molar-refractivity contribution is 7.89. The minimum atomic E-state index is -3.22. The second-order valence-electron chi connectivity index (χ2n) is 4.53. The van der Waals surface area contributed by atoms with E-state index in [1.807, 2.05) is 6.92 Å². The van der Waals surface area contributed by atoms with E-state index in [-0.39, 0.29) is 11.6 Å². The summed E-state index contributed by atoms with van der Waals surface area (Å²) in [6.45, 7) is 2.65. The van der Waals surface area contributed by atoms with E-state index in [1.165, 1.54) is 12.1 Å². The van der Waals surface area contributed by atoms with Crippen LogP contribution in [0.3, 0.4) is 0 Å². The summed E-state index contributed by atoms with van der Waals surface area (Å²) in [5, 5.41) is 0. The molecule has 108 valence electrons. The van der Waals surface area contributed by atoms with Gasteiger partial charge in [0.2, 0.25) is 10.0 Å². The Morgan fingerprint density at radius 2 is 2.05 bits per heavy atom. The minimum absolute atomic E-state index is 0.104. The van der Waals surface area contributed by atoms with E-state index in [1.54, 1.807) is 6.07 Å². The lowest BCUT2D eigenvalue weighted by molar-refractivity contribution is 0.577. The van der Waals surface area contributed by atoms with Crippen LogP contribution >= 0.6 is 0 Å². The molecule has 0 atom stereocenters. The van der Waals surface area contributed by atoms with Crippen LogP contribution in [0.15, 0.2) is 18.2 Å². The quantitative estimate of drug-likeness (QED) is 0.709. The van der Waals surface area contributed by atoms with Crippen molar-refractivity contribution in [2.45, 2.75) is 26.2 Å². The van der Waals surface area contributed by atoms with Crippen molar-refractivity contribution in [3.8, 4) is 0 Å². The number of benzene rings is 1. The Morgan fingerprint density at radius 1 is 1.32 bits per heavy atom. The molecule has 0 aliphatic heterocycles. The van der Waals surface area contributed by atoms with Crippen molar-refractivity contribution >= 4 is 10.0 Å². The zero-order chi connectivity index (χ0) is 14.3. The fourth-order valence-electron chi connectivity index (χ4n) is 1.79. The molecule has 0 aliphatic carbocycles. The third-order valence-corrected chi connectivity index (χ3v) is 4.36. The molecule has 0 unspecified atom stereocenters. The van der Waals surface area contributed by atoms with Crippen LogP contribution in [-0.4, -0.2) is 27.3 Å². The van der Waals surface area contributed by atoms with Crippen molar-refractivity contribution in [3.05, 3.63) is 35.1 Å². The average Bonchev–Trinajstić information content (AvgIpc) is 2.32. The van der Waals surface area contributed by atoms with Crippen LogP contribution < -0.4 is 10.5 Å². The molecule has 0 aliphatic rings. The standard InChI is InChI=1S/C13H21FN2O2S/c1-11-10-13(14)5-4-12(11)6-8-16-19(17,18)9-3-2-7-15/h4-5,10,16H,2-3,6-9,15H2,1H3. The predicted molar refractivity (Wildman–Crippen MR) is 74.9 cm³/mol. The molecule has 0 fully saturated rings. The minimum Gasteiger partial charge on any atom is -0.330 e. The third kappa shape index (κ3) is 6.13. The molecule has 1 aromatic carbocycles. The lowest BCUT2D eigenvalue weighted by Crippen LogP contribution is -2.28. The first-order chi connectivity index (χ1) is 8.94. The first kappa shape index (κ1) is 16.1. The molecule has 0 bridgehead atoms. The summed E-state index contributed by atoms with van der Waals surface area (Å²) >= 11 is 0. The molecule has 0 aromatic heterocycles. The molecule has 0 amide bonds. The largest absolute Gasteiger partial charge is 0.330 e. The second-order valence-corrected chi connectivity index (χ2v) is 6.46. The smallest absolute Gasteiger partial charge is 0.211 e. The molecular formula is C13H21FN2O2S. The lowest BCUT2D eigenvalue weighted by Gasteiger charge is -2.08. The lowest BCUT2D eigenvalue weighted by atomic mass is 10.1. The summed E-state index contributed by atoms with van der Waals surface area (Å²) in [6.07, 6.45) is 1.83. The van der Waals surface area contributed by atoms with Crippen molar-refractivity contribution in [2.24, 2.45) is 5.73 Å². The van der Waals surface area contributed by atoms with Gasteiger partial charge in [-0.05, 0) is 56.0 Å². The van der Waals surface area contributed by atoms with Gasteiger partial charge in [-0.3, -0.25) is 0 Å². The Bertz CT molecular complexity index is 503. The predicted octanol–water partition coefficient (Wildman–Crippen LogP) is 1.33. The van der Waals surface area contributed by atoms with Crippen LogP contribution in [0.5, 0.6) is 0 Å². The summed E-state index contributed by atoms with van der Waals surface area (Å²) < 4.78 is 38.7. The van der Waals surface area contributed by atoms with Gasteiger partial charge in [-0.1, -0.05) is 6.07 Å². The number of nitrogens with one attached hydrogen (secondary N) is 1. The van der Waals surface area contributed by atoms with E-state index < -0.39 is 10.0 Å². The zero-order valence-electron chi connectivity index (χ0n) is 11.2. The molecule has 0 saturated carbocycles. The first-order valence-corrected chi connectivity index (χ1v) is 8.02. The van der Waals surface area contributed by atoms with E-state index >= 15 is 0 Å². The maximum atomic E-state index is 12.9. The maximum Gasteiger partial charge on any atom is 0.211 e. The van der Waals surface area contributed by atoms with Crippen molar-refractivity contribution in [3.63, 3.8) is 0 Å². The van der Waals surface area contributed by atoms with E-state index in [2.05, 4.69) is 4.72 Å². The van der Waals surface area contributed by atoms with Gasteiger partial charge in [-0.15, -0.1) is 0 Å². The number of hydrogen-bond donors (Lipinski definition) is 2. The Hall–Kier alpha value is -0.980. The number of rotatable bonds is 8. The van der Waals surface area contributed by atoms with Crippen LogP contribution in [-0.2, 0) is 16.4 Å². The number of aryl methyl sites for hydroxylation is 1. The van der Waals surface area contributed by atoms with Crippen LogP contribution in [0, 0.1) is 12.7 Å². The van der Waals surface area contributed by atoms with Gasteiger partial charge in [0.05, 0.1) is 5.75 Å². The van der Waals surface area contributed by atoms with Crippen LogP contribution in [0.4, 0.5) is 4.39 Å². The Morgan fingerprint density at radius 3 is 2.68 bits per heavy atom. The van der Waals surface area contributed by atoms with Gasteiger partial charge in [0.15, 0.2) is 0 Å². The van der Waals surface area contributed by atoms with Crippen molar-refractivity contribution in [1.82, 2.24) is 4.72 Å². The summed E-state index contributed by atoms with van der Waals surface area (Å²) in [4.78, 5) is 0. The molecule has 0 saturated heterocycles. The van der Waals surface area contributed by atoms with Crippen molar-refractivity contribution < 1.29 is 12.8 Å². The van der Waals surface area contributed by atoms with Crippen molar-refractivity contribution in [1.29, 1.82) is 0 Å². The average molecular weight is 288 g/mol. The molecular weight excluding hydrogens is 267 g/mol. The molecule has 1 rings (SSSR count). The van der Waals surface area contributed by atoms with E-state index in [9.17, 15) is 12.8 Å². The fraction of sp³-hybridized carbons (Fsp3) is 0.538. The Balaban J connectivity index is 2.41. The van der Waals surface area contributed by atoms with Gasteiger partial charge in [-0.2, -0.15) is 0 Å². The molecule has 1 aromatic rings. The number of nitrogens with two attached hydrogens (primary N) is 1. The highest BCUT2D eigenvalue weighted by Crippen LogP contribution is 2.10. The Labute approximate surface area is 114 Å². The van der Waals surface area contributed by atoms with Gasteiger partial charge in [0.1, 0.15) is 5.82 Å². The third-order valence-electron chi connectivity index (χ3n) is 2.89. The van der Waals surface area contributed by atoms with E-state index in [0.29, 0.717) is 32.4 Å². The molecule has 3 N–H and O–H groups in total. The topological polar surface area (TPSA) is 72.2 Å². The summed E-state index contributed by atoms with van der Waals surface area (Å²) in [5.41, 5.74) is 7.10. The van der Waals surface area contributed by atoms with E-state index in [0.717, 1.165) is 11.1 Å². The van der Waals surface area contributed by atoms with E-state index in [4.69, 9.17) is 5.73 Å². The van der Waals surface area contributed by atoms with Gasteiger partial charge in [-0.25, -0.2) is 17.5 Å². The highest BCUT2D eigenvalue weighted by atomic mass is 32.2. The van der Waals surface area contributed by atoms with Gasteiger partial charge in [0, 0.05) is 6.54 Å². The highest BCUT2D eigenvalue weighted by Gasteiger charge is 2.09. The second kappa shape index (κ2) is 7.57. The van der Waals surface area contributed by atoms with Gasteiger partial charge < -0.3 is 5.73 Å². The molecule has 19 heavy (non-hydrogen) atoms. The number of hydrogen-bond acceptors (Lipinski definition) is 3. The maximum absolute atomic E-state index is 12.9. The molecule has 0 spiro atoms. The van der Waals surface area contributed by atoms with Crippen LogP contribution in [0.25, 0.3) is 0 Å². The fourth-order valence-corrected chi connectivity index (χ4v) is 2.93. The van der Waals surface area contributed by atoms with Crippen molar-refractivity contribution in [2.75, 3.05) is 18.8 Å². The summed E-state index contributed by atoms with van der Waals surface area (Å²) in [7, 11) is -3.22. The van der Waals surface area contributed by atoms with Gasteiger partial charge in [0.25, 0.3) is 0 Å². The normalized spacial score (nSPS) is 11.7. The molecule has 0 radical (unpaired) electrons. The number of sulfonamides is 1. The summed E-state index contributed by atoms with van der Waals surface area (Å²) in [6, 6.07) is 4.52. The molecule has 4 nitrogen and oxygen atoms in total. The SMILES string of the molecule is Cc1cc(F)ccc1CCNS(=O)(=O)CCCCN. The monoisotopic (exact) mass is 288 g/mol. The number of halogens is 1. The van der Waals surface area contributed by atoms with Crippen LogP contribution in [0.2, 0.25) is 0 Å². The van der Waals surface area contributed by atoms with Gasteiger partial charge >= 0.3 is 0 Å². The first-order valence-electron chi connectivity index (χ1n) is 6.37. The summed E-state index contributed by atoms with van der Waals surface area (Å²) in [5.74, 6) is -0.171. The number of unbranched alkanes of at least 4 members (excludes halogenated alkanes) is 1. The Kier molecular flexibility index (Phi) is 6.41. The van der Waals surface area contributed by atoms with Crippen LogP contribution in [0.1, 0.15) is 24.0 Å².